The van der Waals surface area contributed by atoms with Crippen molar-refractivity contribution in [1.29, 1.82) is 0 Å². The van der Waals surface area contributed by atoms with Crippen molar-refractivity contribution in [2.45, 2.75) is 179 Å². The number of hydrogen-bond donors (Lipinski definition) is 9. The Morgan fingerprint density at radius 1 is 0.721 bits per heavy atom. The summed E-state index contributed by atoms with van der Waals surface area (Å²) < 4.78 is 80.7. The fourth-order valence-corrected chi connectivity index (χ4v) is 18.5. The van der Waals surface area contributed by atoms with Gasteiger partial charge in [0, 0.05) is 131 Å². The maximum atomic E-state index is 15.1. The number of methoxy groups -OCH3 is 1. The van der Waals surface area contributed by atoms with E-state index in [0.29, 0.717) is 141 Å². The third-order valence-electron chi connectivity index (χ3n) is 26.6. The monoisotopic (exact) mass is 1960 g/mol. The Morgan fingerprint density at radius 3 is 1.94 bits per heavy atom. The molecule has 2 aliphatic carbocycles. The number of nitrogens with two attached hydrogens (primary N) is 1. The SMILES string of the molecule is CCOCCC(=O)N[C@H](C(=O)C[C@@H](CCCNC(N)=O)C(=O)Nc1ccc(C[N+](C)(C)CCOc2cc(=O)c3nc4c(oc3c2)c2c(=O)c3c(O)c(C)c5c(c34)=C(O)[C@@](C)(O/C=C/[C@H](OC)[C@@H](C)[C@@H](OC(C)=O)[C@H](C)[C@H](C)[C@H](C)[C@@H](O)[C@@H](C)/C=C/C=C(/C)C(=O)N2)O5)cc1)C(C)C.CCOCCOCCOCCOCCOCCOCCOCCNC(=O)CCN1C(=O)C2C3C=C(C(C)C)C(C3)C2C1=O. The molecule has 8 amide bonds. The van der Waals surface area contributed by atoms with Crippen LogP contribution in [0, 0.1) is 77.9 Å². The van der Waals surface area contributed by atoms with Gasteiger partial charge < -0.3 is 118 Å². The van der Waals surface area contributed by atoms with Crippen LogP contribution >= 0.6 is 0 Å². The summed E-state index contributed by atoms with van der Waals surface area (Å²) in [5.41, 5.74) is 5.18. The van der Waals surface area contributed by atoms with Gasteiger partial charge in [0.2, 0.25) is 40.4 Å². The van der Waals surface area contributed by atoms with Gasteiger partial charge in [-0.1, -0.05) is 104 Å². The first-order chi connectivity index (χ1) is 66.7. The van der Waals surface area contributed by atoms with Crippen molar-refractivity contribution < 1.29 is 129 Å². The van der Waals surface area contributed by atoms with Crippen LogP contribution in [0.2, 0.25) is 0 Å². The van der Waals surface area contributed by atoms with E-state index < -0.39 is 99.8 Å². The number of anilines is 2. The lowest BCUT2D eigenvalue weighted by Crippen LogP contribution is -2.45. The number of primary amides is 1. The molecule has 4 aromatic carbocycles. The smallest absolute Gasteiger partial charge is 0.312 e. The van der Waals surface area contributed by atoms with Gasteiger partial charge in [-0.05, 0) is 107 Å². The molecule has 4 heterocycles. The first-order valence-electron chi connectivity index (χ1n) is 48.8. The second-order valence-electron chi connectivity index (χ2n) is 38.0. The highest BCUT2D eigenvalue weighted by atomic mass is 16.7. The lowest BCUT2D eigenvalue weighted by molar-refractivity contribution is -0.903. The molecule has 10 N–H and O–H groups in total. The molecule has 0 spiro atoms. The number of fused-ring (bicyclic) bond motifs is 10. The van der Waals surface area contributed by atoms with E-state index in [0.717, 1.165) is 12.0 Å². The lowest BCUT2D eigenvalue weighted by Gasteiger charge is -2.39. The second-order valence-corrected chi connectivity index (χ2v) is 38.0. The largest absolute Gasteiger partial charge is 0.507 e. The number of phenolic OH excluding ortho intramolecular Hbond substituents is 1. The molecule has 1 saturated heterocycles. The standard InChI is InChI=1S/C72H95N7O18.C31H52N2O10/c1-16-92-30-27-54(83)76-58(37(2)3)50(81)33-47(21-18-28-74-71(73)90)70(89)75-48-24-22-46(23-25-48)36-79(13,14)29-32-93-49-34-51(82)59-53(35-49)96-67-60(77-59)55-56-63(85)44(10)66-57(55)68(87)72(12,97-66)94-31-26-52(91-15)43(9)65(95-45(11)80)42(8)40(6)41(7)62(84)38(4)19-17-20-39(5)69(88)78-61(67)64(56)86;1-4-37-9-10-39-13-14-41-17-18-43-20-19-42-16-15-40-12-11-38-8-6-32-27(34)5-7-33-30(35)28-24-21-25(23(2)3)26(22-24)29(28)31(33)36/h17,19-20,22-26,31,34-35,37-38,40-43,47,52,58,62,65,84H,16,18,21,27-30,32-33,36H2,1-15H3,(H7-,73,74,75,76,77,78,82,83,85,86,87,88,89,90);21,23-24,26,28-29H,4-20,22H2,1-3H3,(H,32,34)/p+1/b19-17+,31-26+,39-20-;/t38-,40+,41-,42+,43+,47+,52-,58-,62-,65-,72-;/m0./s1. The summed E-state index contributed by atoms with van der Waals surface area (Å²) in [7, 11) is 5.44. The highest BCUT2D eigenvalue weighted by Gasteiger charge is 2.61. The Morgan fingerprint density at radius 2 is 1.34 bits per heavy atom. The number of ether oxygens (including phenoxy) is 13. The van der Waals surface area contributed by atoms with Gasteiger partial charge in [-0.2, -0.15) is 0 Å². The Kier molecular flexibility index (Phi) is 43.4. The number of esters is 1. The minimum Gasteiger partial charge on any atom is -0.507 e. The van der Waals surface area contributed by atoms with Crippen molar-refractivity contribution in [1.82, 2.24) is 25.8 Å². The fourth-order valence-electron chi connectivity index (χ4n) is 18.5. The number of hydrogen-bond acceptors (Lipinski definition) is 29. The Balaban J connectivity index is 0.000000423. The summed E-state index contributed by atoms with van der Waals surface area (Å²) in [4.78, 5) is 152. The van der Waals surface area contributed by atoms with Crippen LogP contribution in [0.3, 0.4) is 0 Å². The van der Waals surface area contributed by atoms with Crippen LogP contribution in [0.4, 0.5) is 16.2 Å². The highest BCUT2D eigenvalue weighted by molar-refractivity contribution is 6.17. The molecule has 10 rings (SSSR count). The first kappa shape index (κ1) is 113. The van der Waals surface area contributed by atoms with Crippen molar-refractivity contribution in [2.24, 2.45) is 76.7 Å². The van der Waals surface area contributed by atoms with E-state index in [1.807, 2.05) is 88.5 Å². The summed E-state index contributed by atoms with van der Waals surface area (Å²) in [6.45, 7) is 36.4. The van der Waals surface area contributed by atoms with E-state index in [1.165, 1.54) is 69.7 Å². The molecule has 1 aromatic heterocycles. The minimum atomic E-state index is -2.02. The van der Waals surface area contributed by atoms with Crippen LogP contribution in [0.1, 0.15) is 147 Å². The molecule has 15 atom stereocenters. The van der Waals surface area contributed by atoms with Crippen LogP contribution in [-0.4, -0.2) is 273 Å². The molecule has 5 aliphatic rings. The molecule has 5 aromatic rings. The predicted octanol–water partition coefficient (Wildman–Crippen LogP) is 9.48. The summed E-state index contributed by atoms with van der Waals surface area (Å²) in [5, 5.41) is 49.1. The molecule has 140 heavy (non-hydrogen) atoms. The van der Waals surface area contributed by atoms with Crippen molar-refractivity contribution in [2.75, 3.05) is 170 Å². The van der Waals surface area contributed by atoms with Gasteiger partial charge in [0.15, 0.2) is 28.2 Å². The average Bonchev–Trinajstić information content (AvgIpc) is 1.32. The number of carbonyl (C=O) groups is 9. The Hall–Kier alpha value is -10.8. The number of nitrogens with one attached hydrogen (secondary N) is 5. The van der Waals surface area contributed by atoms with Crippen molar-refractivity contribution in [3.05, 3.63) is 121 Å². The molecule has 772 valence electrons. The van der Waals surface area contributed by atoms with E-state index >= 15 is 4.79 Å². The molecular formula is C103H148N9O28+. The van der Waals surface area contributed by atoms with E-state index in [-0.39, 0.29) is 190 Å². The first-order valence-corrected chi connectivity index (χ1v) is 48.8. The number of likely N-dealkylation sites (N-methyl/N-ethyl adjacent to an activating group) is 1. The van der Waals surface area contributed by atoms with Crippen molar-refractivity contribution in [3.8, 4) is 17.2 Å². The molecule has 2 fully saturated rings. The third kappa shape index (κ3) is 30.4. The van der Waals surface area contributed by atoms with Crippen LogP contribution in [-0.2, 0) is 97.0 Å². The van der Waals surface area contributed by atoms with Crippen LogP contribution in [0.5, 0.6) is 17.2 Å². The maximum Gasteiger partial charge on any atom is 0.312 e. The number of ketones is 1. The van der Waals surface area contributed by atoms with Crippen molar-refractivity contribution >= 4 is 103 Å². The molecule has 0 radical (unpaired) electrons. The zero-order chi connectivity index (χ0) is 102. The molecular weight excluding hydrogens is 1810 g/mol. The molecule has 1 saturated carbocycles. The molecule has 37 heteroatoms. The second kappa shape index (κ2) is 53.9. The summed E-state index contributed by atoms with van der Waals surface area (Å²) >= 11 is 0. The number of phenols is 1. The van der Waals surface area contributed by atoms with E-state index in [4.69, 9.17) is 76.7 Å². The predicted molar refractivity (Wildman–Crippen MR) is 524 cm³/mol. The number of nitrogens with zero attached hydrogens (tertiary/aromatic N) is 3. The van der Waals surface area contributed by atoms with E-state index in [9.17, 15) is 63.3 Å². The summed E-state index contributed by atoms with van der Waals surface area (Å²) in [6, 6.07) is 8.35. The molecule has 3 aliphatic heterocycles. The zero-order valence-corrected chi connectivity index (χ0v) is 84.4. The number of urea groups is 1. The number of Topliss-reactive ketones (excluding diaryl/α,β-unsaturated/α-hetero) is 1. The van der Waals surface area contributed by atoms with Crippen molar-refractivity contribution in [3.63, 3.8) is 0 Å². The maximum absolute atomic E-state index is 15.1. The normalized spacial score (nSPS) is 23.3. The number of quaternary nitrogens is 1. The Bertz CT molecular complexity index is 5410. The number of aliphatic hydroxyl groups excluding tert-OH is 2. The van der Waals surface area contributed by atoms with Crippen LogP contribution in [0.25, 0.3) is 38.7 Å². The number of aliphatic hydroxyl groups is 2. The fraction of sp³-hybridized carbons (Fsp3) is 0.612. The van der Waals surface area contributed by atoms with Gasteiger partial charge in [-0.3, -0.25) is 52.8 Å². The quantitative estimate of drug-likeness (QED) is 0.00333. The third-order valence-corrected chi connectivity index (χ3v) is 26.6. The van der Waals surface area contributed by atoms with Gasteiger partial charge >= 0.3 is 17.8 Å². The molecule has 4 unspecified atom stereocenters. The number of amides is 8. The average molecular weight is 1960 g/mol. The van der Waals surface area contributed by atoms with Gasteiger partial charge in [0.1, 0.15) is 54.3 Å². The Labute approximate surface area is 818 Å². The number of allylic oxidation sites excluding steroid dienone is 4. The number of imide groups is 1. The number of carbonyl (C=O) groups excluding carboxylic acids is 9. The van der Waals surface area contributed by atoms with Crippen LogP contribution in [0.15, 0.2) is 98.2 Å². The van der Waals surface area contributed by atoms with Gasteiger partial charge in [-0.25, -0.2) is 9.78 Å². The number of aromatic nitrogens is 1. The summed E-state index contributed by atoms with van der Waals surface area (Å²) in [5.74, 6) is -8.34. The summed E-state index contributed by atoms with van der Waals surface area (Å²) in [6.07, 6.45) is 9.17. The molecule has 7 bridgehead atoms. The van der Waals surface area contributed by atoms with Gasteiger partial charge in [0.25, 0.3) is 5.91 Å². The van der Waals surface area contributed by atoms with Gasteiger partial charge in [0.05, 0.1) is 154 Å². The van der Waals surface area contributed by atoms with E-state index in [2.05, 4.69) is 46.5 Å². The topological polar surface area (TPSA) is 484 Å². The number of likely N-dealkylation sites (tertiary alicyclic amines) is 1. The van der Waals surface area contributed by atoms with E-state index in [1.54, 1.807) is 30.4 Å². The van der Waals surface area contributed by atoms with Crippen LogP contribution < -0.4 is 57.9 Å². The minimum absolute atomic E-state index is 0.0222. The van der Waals surface area contributed by atoms with Gasteiger partial charge in [-0.15, -0.1) is 0 Å². The number of rotatable bonds is 49. The lowest BCUT2D eigenvalue weighted by atomic mass is 9.73. The molecule has 37 nitrogen and oxygen atoms in total. The zero-order valence-electron chi connectivity index (χ0n) is 84.4. The number of benzene rings is 4. The number of aromatic hydroxyl groups is 1. The highest BCUT2D eigenvalue weighted by Crippen LogP contribution is 2.57.